The highest BCUT2D eigenvalue weighted by molar-refractivity contribution is 5.85. The number of benzene rings is 1. The van der Waals surface area contributed by atoms with Crippen LogP contribution in [0.25, 0.3) is 0 Å². The van der Waals surface area contributed by atoms with E-state index >= 15 is 0 Å². The highest BCUT2D eigenvalue weighted by Gasteiger charge is 2.48. The van der Waals surface area contributed by atoms with E-state index in [0.717, 1.165) is 44.1 Å². The van der Waals surface area contributed by atoms with Gasteiger partial charge in [-0.2, -0.15) is 0 Å². The molecule has 4 amide bonds. The summed E-state index contributed by atoms with van der Waals surface area (Å²) in [6, 6.07) is 6.46. The zero-order valence-electron chi connectivity index (χ0n) is 42.1. The van der Waals surface area contributed by atoms with Crippen molar-refractivity contribution in [2.45, 2.75) is 269 Å². The van der Waals surface area contributed by atoms with E-state index in [2.05, 4.69) is 29.8 Å². The molecule has 12 nitrogen and oxygen atoms in total. The molecule has 6 N–H and O–H groups in total. The Bertz CT molecular complexity index is 1320. The molecule has 1 aromatic carbocycles. The Morgan fingerprint density at radius 2 is 1.05 bits per heavy atom. The lowest BCUT2D eigenvalue weighted by Crippen LogP contribution is -2.70. The highest BCUT2D eigenvalue weighted by Crippen LogP contribution is 2.25. The molecule has 0 radical (unpaired) electrons. The molecule has 0 spiro atoms. The van der Waals surface area contributed by atoms with Gasteiger partial charge in [-0.25, -0.2) is 9.59 Å². The second-order valence-corrected chi connectivity index (χ2v) is 19.2. The first-order valence-electron chi connectivity index (χ1n) is 27.2. The molecule has 2 rings (SSSR count). The maximum absolute atomic E-state index is 14.0. The fourth-order valence-electron chi connectivity index (χ4n) is 8.96. The zero-order chi connectivity index (χ0) is 47.9. The monoisotopic (exact) mass is 931 g/mol. The minimum absolute atomic E-state index is 0.0237. The molecule has 0 aliphatic carbocycles. The topological polar surface area (TPSA) is 170 Å². The van der Waals surface area contributed by atoms with E-state index in [-0.39, 0.29) is 6.61 Å². The molecular formula is C54H98N4O8. The van der Waals surface area contributed by atoms with Gasteiger partial charge in [0.05, 0.1) is 6.61 Å². The maximum atomic E-state index is 14.0. The van der Waals surface area contributed by atoms with Crippen molar-refractivity contribution in [3.05, 3.63) is 35.9 Å². The average molecular weight is 931 g/mol. The summed E-state index contributed by atoms with van der Waals surface area (Å²) in [7, 11) is 0. The van der Waals surface area contributed by atoms with E-state index in [1.165, 1.54) is 172 Å². The first kappa shape index (κ1) is 59.2. The Balaban J connectivity index is 1.90. The van der Waals surface area contributed by atoms with Crippen molar-refractivity contribution in [3.63, 3.8) is 0 Å². The number of ether oxygens (including phenoxy) is 2. The number of nitrogens with one attached hydrogen (secondary N) is 3. The summed E-state index contributed by atoms with van der Waals surface area (Å²) in [5, 5.41) is 40.8. The fraction of sp³-hybridized carbons (Fsp3) is 0.833. The Morgan fingerprint density at radius 3 is 1.48 bits per heavy atom. The van der Waals surface area contributed by atoms with Crippen LogP contribution >= 0.6 is 0 Å². The van der Waals surface area contributed by atoms with Crippen LogP contribution < -0.4 is 16.0 Å². The quantitative estimate of drug-likeness (QED) is 0.0353. The van der Waals surface area contributed by atoms with Crippen molar-refractivity contribution in [2.24, 2.45) is 0 Å². The first-order valence-corrected chi connectivity index (χ1v) is 27.2. The fourth-order valence-corrected chi connectivity index (χ4v) is 8.96. The Labute approximate surface area is 401 Å². The van der Waals surface area contributed by atoms with Crippen molar-refractivity contribution in [1.29, 1.82) is 0 Å². The van der Waals surface area contributed by atoms with Gasteiger partial charge in [0.2, 0.25) is 5.91 Å². The third-order valence-corrected chi connectivity index (χ3v) is 13.3. The highest BCUT2D eigenvalue weighted by atomic mass is 16.6. The molecule has 0 bridgehead atoms. The Morgan fingerprint density at radius 1 is 0.621 bits per heavy atom. The van der Waals surface area contributed by atoms with Gasteiger partial charge < -0.3 is 40.7 Å². The number of hydrogen-bond donors (Lipinski definition) is 6. The van der Waals surface area contributed by atoms with Crippen molar-refractivity contribution in [2.75, 3.05) is 19.7 Å². The van der Waals surface area contributed by atoms with Gasteiger partial charge in [-0.05, 0) is 25.3 Å². The van der Waals surface area contributed by atoms with Gasteiger partial charge in [0.1, 0.15) is 37.0 Å². The number of rotatable bonds is 41. The lowest BCUT2D eigenvalue weighted by atomic mass is 9.94. The number of hydrogen-bond acceptors (Lipinski definition) is 8. The van der Waals surface area contributed by atoms with E-state index < -0.39 is 61.3 Å². The van der Waals surface area contributed by atoms with Gasteiger partial charge >= 0.3 is 12.1 Å². The van der Waals surface area contributed by atoms with Gasteiger partial charge in [0.15, 0.2) is 6.23 Å². The predicted molar refractivity (Wildman–Crippen MR) is 268 cm³/mol. The minimum atomic E-state index is -1.57. The summed E-state index contributed by atoms with van der Waals surface area (Å²) in [6.45, 7) is 6.21. The molecule has 1 fully saturated rings. The molecule has 1 aliphatic rings. The molecule has 1 saturated heterocycles. The van der Waals surface area contributed by atoms with E-state index in [4.69, 9.17) is 9.47 Å². The van der Waals surface area contributed by atoms with Crippen LogP contribution in [0.1, 0.15) is 232 Å². The molecule has 1 aliphatic heterocycles. The van der Waals surface area contributed by atoms with E-state index in [1.54, 1.807) is 0 Å². The van der Waals surface area contributed by atoms with E-state index in [9.17, 15) is 29.7 Å². The summed E-state index contributed by atoms with van der Waals surface area (Å²) in [5.41, 5.74) is 0.792. The van der Waals surface area contributed by atoms with Crippen LogP contribution in [-0.2, 0) is 20.9 Å². The molecule has 1 heterocycles. The van der Waals surface area contributed by atoms with Crippen molar-refractivity contribution in [3.8, 4) is 0 Å². The van der Waals surface area contributed by atoms with Crippen LogP contribution in [-0.4, -0.2) is 94.6 Å². The second-order valence-electron chi connectivity index (χ2n) is 19.2. The number of amides is 4. The standard InChI is InChI=1S/C54H98N4O8/c1-4-6-8-10-12-14-16-18-20-22-24-26-28-30-32-37-41-55-53(63)58(42-38-33-31-29-27-25-23-21-19-17-15-13-11-9-7-5-2)52-48(50(61)49(60)47(43-59)66-52)57-51(62)45(3)56-54(64)65-44-46-39-35-34-36-40-46/h34-36,39-40,45,47-50,52,59-61H,4-33,37-38,41-44H2,1-3H3,(H,55,63)(H,56,64)(H,57,62)/t45-,47+,48+,49+,50+,52+/m0/s1. The number of aliphatic hydroxyl groups is 3. The lowest BCUT2D eigenvalue weighted by molar-refractivity contribution is -0.224. The van der Waals surface area contributed by atoms with Gasteiger partial charge in [0, 0.05) is 13.1 Å². The molecule has 0 aromatic heterocycles. The van der Waals surface area contributed by atoms with Crippen molar-refractivity contribution in [1.82, 2.24) is 20.9 Å². The van der Waals surface area contributed by atoms with E-state index in [0.29, 0.717) is 19.5 Å². The molecule has 6 atom stereocenters. The normalized spacial score (nSPS) is 18.7. The third kappa shape index (κ3) is 27.8. The van der Waals surface area contributed by atoms with Crippen LogP contribution in [0.5, 0.6) is 0 Å². The molecule has 382 valence electrons. The summed E-state index contributed by atoms with van der Waals surface area (Å²) in [6.07, 6.45) is 33.5. The predicted octanol–water partition coefficient (Wildman–Crippen LogP) is 11.8. The average Bonchev–Trinajstić information content (AvgIpc) is 3.32. The van der Waals surface area contributed by atoms with Crippen molar-refractivity contribution < 1.29 is 39.2 Å². The summed E-state index contributed by atoms with van der Waals surface area (Å²) in [4.78, 5) is 41.6. The number of unbranched alkanes of at least 4 members (excludes halogenated alkanes) is 30. The zero-order valence-corrected chi connectivity index (χ0v) is 42.1. The van der Waals surface area contributed by atoms with Gasteiger partial charge in [0.25, 0.3) is 0 Å². The third-order valence-electron chi connectivity index (χ3n) is 13.3. The Kier molecular flexibility index (Phi) is 35.9. The van der Waals surface area contributed by atoms with Gasteiger partial charge in [-0.1, -0.05) is 237 Å². The molecule has 1 aromatic rings. The van der Waals surface area contributed by atoms with E-state index in [1.807, 2.05) is 30.3 Å². The number of aliphatic hydroxyl groups excluding tert-OH is 3. The van der Waals surface area contributed by atoms with Crippen LogP contribution in [0, 0.1) is 0 Å². The largest absolute Gasteiger partial charge is 0.445 e. The summed E-state index contributed by atoms with van der Waals surface area (Å²) < 4.78 is 11.5. The molecular weight excluding hydrogens is 833 g/mol. The molecule has 12 heteroatoms. The first-order chi connectivity index (χ1) is 32.2. The van der Waals surface area contributed by atoms with Crippen LogP contribution in [0.15, 0.2) is 30.3 Å². The second kappa shape index (κ2) is 40.0. The number of nitrogens with zero attached hydrogens (tertiary/aromatic N) is 1. The number of alkyl carbamates (subject to hydrolysis) is 1. The van der Waals surface area contributed by atoms with Crippen LogP contribution in [0.2, 0.25) is 0 Å². The smallest absolute Gasteiger partial charge is 0.408 e. The lowest BCUT2D eigenvalue weighted by Gasteiger charge is -2.46. The minimum Gasteiger partial charge on any atom is -0.445 e. The summed E-state index contributed by atoms with van der Waals surface area (Å²) >= 11 is 0. The SMILES string of the molecule is CCCCCCCCCCCCCCCCCCNC(=O)N(CCCCCCCCCCCCCCCCCC)[C@@H]1O[C@H](CO)[C@@H](O)[C@H](O)[C@H]1NC(=O)[C@H](C)NC(=O)OCc1ccccc1. The maximum Gasteiger partial charge on any atom is 0.408 e. The molecule has 0 unspecified atom stereocenters. The Hall–Kier alpha value is -2.93. The van der Waals surface area contributed by atoms with Crippen molar-refractivity contribution >= 4 is 18.0 Å². The number of carbonyl (C=O) groups is 3. The molecule has 66 heavy (non-hydrogen) atoms. The van der Waals surface area contributed by atoms with Gasteiger partial charge in [-0.15, -0.1) is 0 Å². The number of urea groups is 1. The molecule has 0 saturated carbocycles. The summed E-state index contributed by atoms with van der Waals surface area (Å²) in [5.74, 6) is -0.658. The van der Waals surface area contributed by atoms with Gasteiger partial charge in [-0.3, -0.25) is 9.69 Å². The van der Waals surface area contributed by atoms with Crippen LogP contribution in [0.4, 0.5) is 9.59 Å². The number of carbonyl (C=O) groups excluding carboxylic acids is 3. The van der Waals surface area contributed by atoms with Crippen LogP contribution in [0.3, 0.4) is 0 Å².